The summed E-state index contributed by atoms with van der Waals surface area (Å²) in [6.07, 6.45) is 0.638. The van der Waals surface area contributed by atoms with E-state index < -0.39 is 0 Å². The van der Waals surface area contributed by atoms with Gasteiger partial charge < -0.3 is 4.79 Å². The van der Waals surface area contributed by atoms with Crippen LogP contribution < -0.4 is 0 Å². The summed E-state index contributed by atoms with van der Waals surface area (Å²) in [6.45, 7) is 5.89. The van der Waals surface area contributed by atoms with Crippen LogP contribution in [0.25, 0.3) is 0 Å². The van der Waals surface area contributed by atoms with Gasteiger partial charge in [0.1, 0.15) is 5.78 Å². The Balaban J connectivity index is 2.60. The lowest BCUT2D eigenvalue weighted by Gasteiger charge is -2.18. The third-order valence-corrected chi connectivity index (χ3v) is 4.45. The lowest BCUT2D eigenvalue weighted by atomic mass is 10.0. The predicted octanol–water partition coefficient (Wildman–Crippen LogP) is 4.44. The highest BCUT2D eigenvalue weighted by Gasteiger charge is 2.16. The molecule has 0 spiro atoms. The fraction of sp³-hybridized carbons (Fsp3) is 0.462. The summed E-state index contributed by atoms with van der Waals surface area (Å²) < 4.78 is 0. The van der Waals surface area contributed by atoms with E-state index in [2.05, 4.69) is 13.8 Å². The molecule has 0 radical (unpaired) electrons. The van der Waals surface area contributed by atoms with E-state index in [1.54, 1.807) is 18.7 Å². The fourth-order valence-electron chi connectivity index (χ4n) is 1.48. The Morgan fingerprint density at radius 1 is 1.38 bits per heavy atom. The highest BCUT2D eigenvalue weighted by atomic mass is 35.5. The van der Waals surface area contributed by atoms with Gasteiger partial charge in [0.2, 0.25) is 0 Å². The molecule has 2 atom stereocenters. The molecule has 0 amide bonds. The molecule has 0 N–H and O–H groups in total. The van der Waals surface area contributed by atoms with Crippen LogP contribution in [0.5, 0.6) is 0 Å². The van der Waals surface area contributed by atoms with Crippen LogP contribution in [0, 0.1) is 5.92 Å². The van der Waals surface area contributed by atoms with E-state index in [0.717, 1.165) is 9.92 Å². The molecule has 1 rings (SSSR count). The number of hydrogen-bond acceptors (Lipinski definition) is 2. The zero-order valence-electron chi connectivity index (χ0n) is 9.87. The number of halogens is 1. The maximum absolute atomic E-state index is 11.0. The Morgan fingerprint density at radius 2 is 2.00 bits per heavy atom. The van der Waals surface area contributed by atoms with E-state index in [4.69, 9.17) is 11.6 Å². The SMILES string of the molecule is CC(=O)CC(C)C(C)Sc1ccccc1Cl. The molecule has 1 nitrogen and oxygen atoms in total. The number of carbonyl (C=O) groups excluding carboxylic acids is 1. The van der Waals surface area contributed by atoms with E-state index in [-0.39, 0.29) is 5.78 Å². The third kappa shape index (κ3) is 4.18. The van der Waals surface area contributed by atoms with E-state index >= 15 is 0 Å². The lowest BCUT2D eigenvalue weighted by Crippen LogP contribution is -2.13. The molecule has 1 aromatic carbocycles. The average Bonchev–Trinajstić information content (AvgIpc) is 2.20. The Bertz CT molecular complexity index is 365. The first kappa shape index (κ1) is 13.6. The second kappa shape index (κ2) is 6.31. The van der Waals surface area contributed by atoms with Crippen LogP contribution in [-0.2, 0) is 4.79 Å². The van der Waals surface area contributed by atoms with E-state index in [0.29, 0.717) is 17.6 Å². The number of ketones is 1. The molecule has 0 saturated carbocycles. The molecule has 0 aliphatic heterocycles. The minimum absolute atomic E-state index is 0.249. The van der Waals surface area contributed by atoms with Crippen LogP contribution in [0.3, 0.4) is 0 Å². The minimum atomic E-state index is 0.249. The first-order valence-electron chi connectivity index (χ1n) is 5.41. The Labute approximate surface area is 107 Å². The van der Waals surface area contributed by atoms with Gasteiger partial charge in [0.05, 0.1) is 5.02 Å². The highest BCUT2D eigenvalue weighted by Crippen LogP contribution is 2.33. The van der Waals surface area contributed by atoms with E-state index in [1.165, 1.54) is 0 Å². The largest absolute Gasteiger partial charge is 0.300 e. The van der Waals surface area contributed by atoms with Crippen molar-refractivity contribution in [1.82, 2.24) is 0 Å². The summed E-state index contributed by atoms with van der Waals surface area (Å²) in [5.74, 6) is 0.623. The monoisotopic (exact) mass is 256 g/mol. The first-order chi connectivity index (χ1) is 7.50. The predicted molar refractivity (Wildman–Crippen MR) is 71.2 cm³/mol. The van der Waals surface area contributed by atoms with Gasteiger partial charge in [0, 0.05) is 16.6 Å². The standard InChI is InChI=1S/C13H17ClOS/c1-9(8-10(2)15)11(3)16-13-7-5-4-6-12(13)14/h4-7,9,11H,8H2,1-3H3. The molecule has 0 fully saturated rings. The molecular formula is C13H17ClOS. The molecule has 0 saturated heterocycles. The fourth-order valence-corrected chi connectivity index (χ4v) is 2.81. The highest BCUT2D eigenvalue weighted by molar-refractivity contribution is 8.00. The molecule has 0 heterocycles. The molecule has 0 aliphatic rings. The Morgan fingerprint density at radius 3 is 2.56 bits per heavy atom. The molecule has 3 heteroatoms. The molecule has 2 unspecified atom stereocenters. The number of benzene rings is 1. The summed E-state index contributed by atoms with van der Waals surface area (Å²) in [4.78, 5) is 12.1. The third-order valence-electron chi connectivity index (χ3n) is 2.56. The van der Waals surface area contributed by atoms with Crippen molar-refractivity contribution in [3.8, 4) is 0 Å². The first-order valence-corrected chi connectivity index (χ1v) is 6.67. The molecular weight excluding hydrogens is 240 g/mol. The molecule has 1 aromatic rings. The molecule has 88 valence electrons. The van der Waals surface area contributed by atoms with Gasteiger partial charge in [0.15, 0.2) is 0 Å². The van der Waals surface area contributed by atoms with Crippen LogP contribution in [0.15, 0.2) is 29.2 Å². The minimum Gasteiger partial charge on any atom is -0.300 e. The maximum atomic E-state index is 11.0. The van der Waals surface area contributed by atoms with Gasteiger partial charge in [-0.1, -0.05) is 37.6 Å². The Hall–Kier alpha value is -0.470. The summed E-state index contributed by atoms with van der Waals surface area (Å²) >= 11 is 7.83. The number of hydrogen-bond donors (Lipinski definition) is 0. The lowest BCUT2D eigenvalue weighted by molar-refractivity contribution is -0.117. The molecule has 16 heavy (non-hydrogen) atoms. The maximum Gasteiger partial charge on any atom is 0.130 e. The van der Waals surface area contributed by atoms with Crippen LogP contribution in [-0.4, -0.2) is 11.0 Å². The summed E-state index contributed by atoms with van der Waals surface area (Å²) in [7, 11) is 0. The topological polar surface area (TPSA) is 17.1 Å². The van der Waals surface area contributed by atoms with E-state index in [1.807, 2.05) is 24.3 Å². The summed E-state index contributed by atoms with van der Waals surface area (Å²) in [5, 5.41) is 1.18. The second-order valence-electron chi connectivity index (χ2n) is 4.14. The molecule has 0 aliphatic carbocycles. The van der Waals surface area contributed by atoms with Crippen LogP contribution in [0.4, 0.5) is 0 Å². The summed E-state index contributed by atoms with van der Waals surface area (Å²) in [6, 6.07) is 7.82. The molecule has 0 aromatic heterocycles. The van der Waals surface area contributed by atoms with Gasteiger partial charge in [-0.2, -0.15) is 0 Å². The van der Waals surface area contributed by atoms with Crippen molar-refractivity contribution in [3.05, 3.63) is 29.3 Å². The Kier molecular flexibility index (Phi) is 5.36. The zero-order chi connectivity index (χ0) is 12.1. The van der Waals surface area contributed by atoms with Gasteiger partial charge in [0.25, 0.3) is 0 Å². The van der Waals surface area contributed by atoms with Crippen molar-refractivity contribution in [1.29, 1.82) is 0 Å². The van der Waals surface area contributed by atoms with Crippen molar-refractivity contribution in [2.45, 2.75) is 37.3 Å². The zero-order valence-corrected chi connectivity index (χ0v) is 11.4. The van der Waals surface area contributed by atoms with Crippen molar-refractivity contribution < 1.29 is 4.79 Å². The van der Waals surface area contributed by atoms with Crippen LogP contribution >= 0.6 is 23.4 Å². The smallest absolute Gasteiger partial charge is 0.130 e. The van der Waals surface area contributed by atoms with Gasteiger partial charge >= 0.3 is 0 Å². The van der Waals surface area contributed by atoms with Crippen molar-refractivity contribution in [2.24, 2.45) is 5.92 Å². The summed E-state index contributed by atoms with van der Waals surface area (Å²) in [5.41, 5.74) is 0. The second-order valence-corrected chi connectivity index (χ2v) is 5.96. The average molecular weight is 257 g/mol. The molecule has 0 bridgehead atoms. The number of rotatable bonds is 5. The van der Waals surface area contributed by atoms with Gasteiger partial charge in [-0.3, -0.25) is 0 Å². The number of Topliss-reactive ketones (excluding diaryl/α,β-unsaturated/α-hetero) is 1. The van der Waals surface area contributed by atoms with Gasteiger partial charge in [-0.05, 0) is 25.0 Å². The number of thioether (sulfide) groups is 1. The van der Waals surface area contributed by atoms with Crippen molar-refractivity contribution in [2.75, 3.05) is 0 Å². The van der Waals surface area contributed by atoms with Crippen LogP contribution in [0.2, 0.25) is 5.02 Å². The van der Waals surface area contributed by atoms with Crippen LogP contribution in [0.1, 0.15) is 27.2 Å². The normalized spacial score (nSPS) is 14.5. The van der Waals surface area contributed by atoms with Crippen molar-refractivity contribution in [3.63, 3.8) is 0 Å². The number of carbonyl (C=O) groups is 1. The van der Waals surface area contributed by atoms with E-state index in [9.17, 15) is 4.79 Å². The van der Waals surface area contributed by atoms with Gasteiger partial charge in [-0.15, -0.1) is 11.8 Å². The van der Waals surface area contributed by atoms with Crippen molar-refractivity contribution >= 4 is 29.1 Å². The quantitative estimate of drug-likeness (QED) is 0.725. The van der Waals surface area contributed by atoms with Gasteiger partial charge in [-0.25, -0.2) is 0 Å².